The van der Waals surface area contributed by atoms with E-state index < -0.39 is 29.9 Å². The summed E-state index contributed by atoms with van der Waals surface area (Å²) in [4.78, 5) is 34.7. The summed E-state index contributed by atoms with van der Waals surface area (Å²) in [5, 5.41) is 17.5. The molecule has 1 amide bonds. The number of carbonyl (C=O) groups excluding carboxylic acids is 1. The Morgan fingerprint density at radius 3 is 2.50 bits per heavy atom. The molecular formula is C11H18N2O5. The van der Waals surface area contributed by atoms with Crippen LogP contribution in [0.15, 0.2) is 0 Å². The molecule has 4 N–H and O–H groups in total. The van der Waals surface area contributed by atoms with Gasteiger partial charge in [-0.25, -0.2) is 4.79 Å². The van der Waals surface area contributed by atoms with Crippen LogP contribution >= 0.6 is 0 Å². The molecule has 1 fully saturated rings. The lowest BCUT2D eigenvalue weighted by Crippen LogP contribution is -2.53. The average Bonchev–Trinajstić information content (AvgIpc) is 2.34. The van der Waals surface area contributed by atoms with Gasteiger partial charge in [0.05, 0.1) is 6.04 Å². The zero-order valence-electron chi connectivity index (χ0n) is 10.0. The van der Waals surface area contributed by atoms with E-state index >= 15 is 0 Å². The molecule has 1 heterocycles. The molecule has 1 aliphatic heterocycles. The molecule has 1 saturated heterocycles. The van der Waals surface area contributed by atoms with Crippen molar-refractivity contribution in [1.29, 1.82) is 0 Å². The Morgan fingerprint density at radius 2 is 1.94 bits per heavy atom. The number of hydrogen-bond donors (Lipinski definition) is 3. The maximum Gasteiger partial charge on any atom is 0.326 e. The highest BCUT2D eigenvalue weighted by molar-refractivity contribution is 5.87. The SMILES string of the molecule is NC(CCC(=O)O)C(=O)N1CCCC[C@H]1C(=O)O. The van der Waals surface area contributed by atoms with Crippen molar-refractivity contribution in [2.75, 3.05) is 6.54 Å². The van der Waals surface area contributed by atoms with Gasteiger partial charge in [-0.15, -0.1) is 0 Å². The second-order valence-electron chi connectivity index (χ2n) is 4.42. The normalized spacial score (nSPS) is 21.4. The molecule has 1 aliphatic rings. The van der Waals surface area contributed by atoms with Crippen molar-refractivity contribution in [3.8, 4) is 0 Å². The van der Waals surface area contributed by atoms with E-state index in [-0.39, 0.29) is 12.8 Å². The van der Waals surface area contributed by atoms with Gasteiger partial charge in [0.25, 0.3) is 0 Å². The minimum Gasteiger partial charge on any atom is -0.481 e. The first-order valence-electron chi connectivity index (χ1n) is 5.94. The van der Waals surface area contributed by atoms with Gasteiger partial charge in [0.1, 0.15) is 6.04 Å². The Balaban J connectivity index is 2.62. The topological polar surface area (TPSA) is 121 Å². The maximum atomic E-state index is 12.0. The van der Waals surface area contributed by atoms with Gasteiger partial charge in [0.2, 0.25) is 5.91 Å². The number of rotatable bonds is 5. The van der Waals surface area contributed by atoms with Gasteiger partial charge < -0.3 is 20.8 Å². The minimum atomic E-state index is -1.03. The lowest BCUT2D eigenvalue weighted by atomic mass is 10.0. The summed E-state index contributed by atoms with van der Waals surface area (Å²) in [6.07, 6.45) is 1.77. The van der Waals surface area contributed by atoms with Crippen molar-refractivity contribution in [1.82, 2.24) is 4.90 Å². The molecule has 7 heteroatoms. The number of carbonyl (C=O) groups is 3. The first kappa shape index (κ1) is 14.4. The third-order valence-electron chi connectivity index (χ3n) is 3.06. The summed E-state index contributed by atoms with van der Waals surface area (Å²) >= 11 is 0. The van der Waals surface area contributed by atoms with Crippen LogP contribution in [0.3, 0.4) is 0 Å². The van der Waals surface area contributed by atoms with Gasteiger partial charge in [-0.05, 0) is 25.7 Å². The molecule has 2 atom stereocenters. The molecule has 1 unspecified atom stereocenters. The third kappa shape index (κ3) is 3.69. The van der Waals surface area contributed by atoms with Crippen LogP contribution in [0.1, 0.15) is 32.1 Å². The fourth-order valence-electron chi connectivity index (χ4n) is 2.07. The van der Waals surface area contributed by atoms with Crippen LogP contribution in [0.25, 0.3) is 0 Å². The zero-order chi connectivity index (χ0) is 13.7. The number of carboxylic acids is 2. The highest BCUT2D eigenvalue weighted by atomic mass is 16.4. The average molecular weight is 258 g/mol. The van der Waals surface area contributed by atoms with Gasteiger partial charge in [-0.3, -0.25) is 9.59 Å². The Bertz CT molecular complexity index is 344. The van der Waals surface area contributed by atoms with Crippen LogP contribution in [-0.4, -0.2) is 51.6 Å². The predicted molar refractivity (Wildman–Crippen MR) is 61.8 cm³/mol. The molecule has 1 rings (SSSR count). The maximum absolute atomic E-state index is 12.0. The van der Waals surface area contributed by atoms with Gasteiger partial charge >= 0.3 is 11.9 Å². The Hall–Kier alpha value is -1.63. The molecule has 102 valence electrons. The number of carboxylic acid groups (broad SMARTS) is 2. The van der Waals surface area contributed by atoms with E-state index in [1.165, 1.54) is 4.90 Å². The van der Waals surface area contributed by atoms with Crippen molar-refractivity contribution in [2.24, 2.45) is 5.73 Å². The van der Waals surface area contributed by atoms with E-state index in [1.807, 2.05) is 0 Å². The zero-order valence-corrected chi connectivity index (χ0v) is 10.0. The molecule has 0 radical (unpaired) electrons. The van der Waals surface area contributed by atoms with E-state index in [0.29, 0.717) is 13.0 Å². The van der Waals surface area contributed by atoms with Crippen LogP contribution in [0.2, 0.25) is 0 Å². The summed E-state index contributed by atoms with van der Waals surface area (Å²) in [6.45, 7) is 0.372. The number of nitrogens with two attached hydrogens (primary N) is 1. The Kier molecular flexibility index (Phi) is 5.08. The molecule has 0 aliphatic carbocycles. The monoisotopic (exact) mass is 258 g/mol. The summed E-state index contributed by atoms with van der Waals surface area (Å²) < 4.78 is 0. The molecule has 0 spiro atoms. The van der Waals surface area contributed by atoms with Crippen molar-refractivity contribution in [3.63, 3.8) is 0 Å². The van der Waals surface area contributed by atoms with E-state index in [0.717, 1.165) is 12.8 Å². The first-order valence-corrected chi connectivity index (χ1v) is 5.94. The fraction of sp³-hybridized carbons (Fsp3) is 0.727. The molecule has 0 bridgehead atoms. The Labute approximate surface area is 105 Å². The largest absolute Gasteiger partial charge is 0.481 e. The van der Waals surface area contributed by atoms with Crippen molar-refractivity contribution >= 4 is 17.8 Å². The second kappa shape index (κ2) is 6.34. The number of hydrogen-bond acceptors (Lipinski definition) is 4. The van der Waals surface area contributed by atoms with E-state index in [9.17, 15) is 14.4 Å². The van der Waals surface area contributed by atoms with Crippen molar-refractivity contribution in [3.05, 3.63) is 0 Å². The van der Waals surface area contributed by atoms with E-state index in [1.54, 1.807) is 0 Å². The van der Waals surface area contributed by atoms with E-state index in [2.05, 4.69) is 0 Å². The molecule has 18 heavy (non-hydrogen) atoms. The van der Waals surface area contributed by atoms with Gasteiger partial charge in [0.15, 0.2) is 0 Å². The van der Waals surface area contributed by atoms with Crippen LogP contribution in [-0.2, 0) is 14.4 Å². The number of aliphatic carboxylic acids is 2. The van der Waals surface area contributed by atoms with Crippen LogP contribution in [0.5, 0.6) is 0 Å². The lowest BCUT2D eigenvalue weighted by Gasteiger charge is -2.34. The van der Waals surface area contributed by atoms with E-state index in [4.69, 9.17) is 15.9 Å². The molecule has 0 aromatic heterocycles. The first-order chi connectivity index (χ1) is 8.43. The van der Waals surface area contributed by atoms with Gasteiger partial charge in [-0.1, -0.05) is 0 Å². The lowest BCUT2D eigenvalue weighted by molar-refractivity contribution is -0.152. The number of amides is 1. The van der Waals surface area contributed by atoms with Gasteiger partial charge in [-0.2, -0.15) is 0 Å². The van der Waals surface area contributed by atoms with Crippen LogP contribution in [0.4, 0.5) is 0 Å². The third-order valence-corrected chi connectivity index (χ3v) is 3.06. The number of nitrogens with zero attached hydrogens (tertiary/aromatic N) is 1. The molecule has 0 aromatic carbocycles. The number of piperidine rings is 1. The minimum absolute atomic E-state index is 0.0248. The molecule has 0 saturated carbocycles. The van der Waals surface area contributed by atoms with Crippen LogP contribution < -0.4 is 5.73 Å². The summed E-state index contributed by atoms with van der Waals surface area (Å²) in [6, 6.07) is -1.77. The quantitative estimate of drug-likeness (QED) is 0.619. The van der Waals surface area contributed by atoms with Crippen molar-refractivity contribution < 1.29 is 24.6 Å². The summed E-state index contributed by atoms with van der Waals surface area (Å²) in [7, 11) is 0. The molecule has 7 nitrogen and oxygen atoms in total. The highest BCUT2D eigenvalue weighted by Gasteiger charge is 2.34. The van der Waals surface area contributed by atoms with Crippen LogP contribution in [0, 0.1) is 0 Å². The van der Waals surface area contributed by atoms with Crippen molar-refractivity contribution in [2.45, 2.75) is 44.2 Å². The predicted octanol–water partition coefficient (Wildman–Crippen LogP) is -0.356. The smallest absolute Gasteiger partial charge is 0.326 e. The Morgan fingerprint density at radius 1 is 1.28 bits per heavy atom. The number of likely N-dealkylation sites (tertiary alicyclic amines) is 1. The fourth-order valence-corrected chi connectivity index (χ4v) is 2.07. The summed E-state index contributed by atoms with van der Waals surface area (Å²) in [5.41, 5.74) is 5.61. The molecule has 0 aromatic rings. The summed E-state index contributed by atoms with van der Waals surface area (Å²) in [5.74, 6) is -2.52. The highest BCUT2D eigenvalue weighted by Crippen LogP contribution is 2.18. The standard InChI is InChI=1S/C11H18N2O5/c12-7(4-5-9(14)15)10(16)13-6-2-1-3-8(13)11(17)18/h7-8H,1-6,12H2,(H,14,15)(H,17,18)/t7?,8-/m0/s1. The molecular weight excluding hydrogens is 240 g/mol. The second-order valence-corrected chi connectivity index (χ2v) is 4.42. The van der Waals surface area contributed by atoms with Gasteiger partial charge in [0, 0.05) is 13.0 Å².